The van der Waals surface area contributed by atoms with Crippen molar-refractivity contribution in [3.8, 4) is 5.75 Å². The fourth-order valence-electron chi connectivity index (χ4n) is 2.79. The number of anilines is 1. The van der Waals surface area contributed by atoms with Gasteiger partial charge in [0.05, 0.1) is 18.5 Å². The summed E-state index contributed by atoms with van der Waals surface area (Å²) in [6, 6.07) is 7.75. The molecule has 1 fully saturated rings. The molecule has 1 aliphatic rings. The van der Waals surface area contributed by atoms with E-state index in [2.05, 4.69) is 5.32 Å². The summed E-state index contributed by atoms with van der Waals surface area (Å²) in [6.45, 7) is -0.272. The standard InChI is InChI=1S/C19H17F3N2O4/c1-23-19(26)28-13-8-17(25)24(9-13)11-2-4-12(5-3-11)27-10-14-15(20)6-7-16(21)18(14)22/h2-7,13H,8-10H2,1H3,(H,23,26). The molecule has 3 rings (SSSR count). The molecule has 1 unspecified atom stereocenters. The zero-order valence-electron chi connectivity index (χ0n) is 14.9. The van der Waals surface area contributed by atoms with Gasteiger partial charge in [-0.25, -0.2) is 18.0 Å². The highest BCUT2D eigenvalue weighted by Crippen LogP contribution is 2.26. The minimum Gasteiger partial charge on any atom is -0.489 e. The number of alkyl carbamates (subject to hydrolysis) is 1. The molecule has 1 atom stereocenters. The Bertz CT molecular complexity index is 889. The minimum absolute atomic E-state index is 0.0732. The maximum Gasteiger partial charge on any atom is 0.407 e. The van der Waals surface area contributed by atoms with Gasteiger partial charge in [0, 0.05) is 12.7 Å². The Labute approximate surface area is 158 Å². The van der Waals surface area contributed by atoms with E-state index < -0.39 is 41.8 Å². The summed E-state index contributed by atoms with van der Waals surface area (Å²) in [7, 11) is 1.43. The summed E-state index contributed by atoms with van der Waals surface area (Å²) >= 11 is 0. The van der Waals surface area contributed by atoms with Crippen LogP contribution in [0, 0.1) is 17.5 Å². The SMILES string of the molecule is CNC(=O)OC1CC(=O)N(c2ccc(OCc3c(F)ccc(F)c3F)cc2)C1. The number of hydrogen-bond acceptors (Lipinski definition) is 4. The molecule has 1 N–H and O–H groups in total. The molecule has 2 aromatic carbocycles. The van der Waals surface area contributed by atoms with Crippen LogP contribution >= 0.6 is 0 Å². The van der Waals surface area contributed by atoms with Gasteiger partial charge in [0.1, 0.15) is 24.3 Å². The lowest BCUT2D eigenvalue weighted by Crippen LogP contribution is -2.29. The summed E-state index contributed by atoms with van der Waals surface area (Å²) in [5, 5.41) is 2.32. The van der Waals surface area contributed by atoms with Gasteiger partial charge in [0.25, 0.3) is 0 Å². The first-order chi connectivity index (χ1) is 13.4. The van der Waals surface area contributed by atoms with Crippen LogP contribution in [-0.4, -0.2) is 31.7 Å². The number of benzene rings is 2. The number of nitrogens with zero attached hydrogens (tertiary/aromatic N) is 1. The molecule has 1 heterocycles. The van der Waals surface area contributed by atoms with Gasteiger partial charge < -0.3 is 19.7 Å². The van der Waals surface area contributed by atoms with Gasteiger partial charge in [-0.1, -0.05) is 0 Å². The van der Waals surface area contributed by atoms with Crippen molar-refractivity contribution in [3.63, 3.8) is 0 Å². The zero-order chi connectivity index (χ0) is 20.3. The van der Waals surface area contributed by atoms with Gasteiger partial charge in [-0.2, -0.15) is 0 Å². The van der Waals surface area contributed by atoms with E-state index in [4.69, 9.17) is 9.47 Å². The van der Waals surface area contributed by atoms with Gasteiger partial charge in [0.15, 0.2) is 11.6 Å². The molecule has 2 amide bonds. The van der Waals surface area contributed by atoms with Crippen molar-refractivity contribution in [2.45, 2.75) is 19.1 Å². The van der Waals surface area contributed by atoms with E-state index in [1.165, 1.54) is 24.1 Å². The van der Waals surface area contributed by atoms with Gasteiger partial charge >= 0.3 is 6.09 Å². The van der Waals surface area contributed by atoms with Crippen molar-refractivity contribution in [3.05, 3.63) is 59.4 Å². The van der Waals surface area contributed by atoms with Crippen LogP contribution in [0.1, 0.15) is 12.0 Å². The number of rotatable bonds is 5. The first-order valence-electron chi connectivity index (χ1n) is 8.43. The molecular weight excluding hydrogens is 377 g/mol. The lowest BCUT2D eigenvalue weighted by atomic mass is 10.2. The molecular formula is C19H17F3N2O4. The molecule has 2 aromatic rings. The largest absolute Gasteiger partial charge is 0.489 e. The highest BCUT2D eigenvalue weighted by Gasteiger charge is 2.33. The smallest absolute Gasteiger partial charge is 0.407 e. The third-order valence-electron chi connectivity index (χ3n) is 4.24. The summed E-state index contributed by atoms with van der Waals surface area (Å²) < 4.78 is 50.9. The Morgan fingerprint density at radius 2 is 1.82 bits per heavy atom. The van der Waals surface area contributed by atoms with E-state index in [0.717, 1.165) is 6.07 Å². The Hall–Kier alpha value is -3.23. The molecule has 9 heteroatoms. The van der Waals surface area contributed by atoms with E-state index in [-0.39, 0.29) is 24.6 Å². The van der Waals surface area contributed by atoms with E-state index in [1.54, 1.807) is 12.1 Å². The molecule has 148 valence electrons. The number of nitrogens with one attached hydrogen (secondary N) is 1. The Morgan fingerprint density at radius 1 is 1.14 bits per heavy atom. The van der Waals surface area contributed by atoms with Crippen LogP contribution in [0.2, 0.25) is 0 Å². The second-order valence-electron chi connectivity index (χ2n) is 6.09. The first kappa shape index (κ1) is 19.5. The average Bonchev–Trinajstić information content (AvgIpc) is 3.05. The molecule has 0 bridgehead atoms. The third-order valence-corrected chi connectivity index (χ3v) is 4.24. The molecule has 1 saturated heterocycles. The van der Waals surface area contributed by atoms with E-state index in [0.29, 0.717) is 11.8 Å². The van der Waals surface area contributed by atoms with Crippen molar-refractivity contribution >= 4 is 17.7 Å². The van der Waals surface area contributed by atoms with E-state index in [1.807, 2.05) is 0 Å². The number of hydrogen-bond donors (Lipinski definition) is 1. The second kappa shape index (κ2) is 8.20. The zero-order valence-corrected chi connectivity index (χ0v) is 14.9. The van der Waals surface area contributed by atoms with Crippen molar-refractivity contribution in [2.24, 2.45) is 0 Å². The number of ether oxygens (including phenoxy) is 2. The fourth-order valence-corrected chi connectivity index (χ4v) is 2.79. The van der Waals surface area contributed by atoms with Gasteiger partial charge in [-0.15, -0.1) is 0 Å². The van der Waals surface area contributed by atoms with Crippen LogP contribution in [0.3, 0.4) is 0 Å². The summed E-state index contributed by atoms with van der Waals surface area (Å²) in [4.78, 5) is 24.8. The van der Waals surface area contributed by atoms with Crippen molar-refractivity contribution in [1.82, 2.24) is 5.32 Å². The van der Waals surface area contributed by atoms with Crippen molar-refractivity contribution < 1.29 is 32.2 Å². The second-order valence-corrected chi connectivity index (χ2v) is 6.09. The highest BCUT2D eigenvalue weighted by atomic mass is 19.2. The topological polar surface area (TPSA) is 67.9 Å². The summed E-state index contributed by atoms with van der Waals surface area (Å²) in [6.07, 6.45) is -1.09. The molecule has 1 aliphatic heterocycles. The monoisotopic (exact) mass is 394 g/mol. The summed E-state index contributed by atoms with van der Waals surface area (Å²) in [5.74, 6) is -3.26. The Kier molecular flexibility index (Phi) is 5.72. The molecule has 0 aliphatic carbocycles. The van der Waals surface area contributed by atoms with Crippen LogP contribution in [-0.2, 0) is 16.1 Å². The molecule has 28 heavy (non-hydrogen) atoms. The number of carbonyl (C=O) groups is 2. The number of carbonyl (C=O) groups excluding carboxylic acids is 2. The van der Waals surface area contributed by atoms with E-state index in [9.17, 15) is 22.8 Å². The first-order valence-corrected chi connectivity index (χ1v) is 8.43. The lowest BCUT2D eigenvalue weighted by molar-refractivity contribution is -0.117. The summed E-state index contributed by atoms with van der Waals surface area (Å²) in [5.41, 5.74) is 0.0523. The quantitative estimate of drug-likeness (QED) is 0.792. The number of halogens is 3. The molecule has 0 saturated carbocycles. The maximum absolute atomic E-state index is 13.7. The Morgan fingerprint density at radius 3 is 2.50 bits per heavy atom. The van der Waals surface area contributed by atoms with Gasteiger partial charge in [-0.05, 0) is 36.4 Å². The van der Waals surface area contributed by atoms with Gasteiger partial charge in [-0.3, -0.25) is 4.79 Å². The maximum atomic E-state index is 13.7. The fraction of sp³-hybridized carbons (Fsp3) is 0.263. The van der Waals surface area contributed by atoms with Crippen LogP contribution < -0.4 is 15.0 Å². The average molecular weight is 394 g/mol. The highest BCUT2D eigenvalue weighted by molar-refractivity contribution is 5.96. The predicted octanol–water partition coefficient (Wildman–Crippen LogP) is 3.14. The molecule has 0 aromatic heterocycles. The van der Waals surface area contributed by atoms with Crippen LogP contribution in [0.15, 0.2) is 36.4 Å². The normalized spacial score (nSPS) is 16.2. The third kappa shape index (κ3) is 4.19. The minimum atomic E-state index is -1.29. The molecule has 0 radical (unpaired) electrons. The van der Waals surface area contributed by atoms with Crippen LogP contribution in [0.5, 0.6) is 5.75 Å². The molecule has 6 nitrogen and oxygen atoms in total. The van der Waals surface area contributed by atoms with E-state index >= 15 is 0 Å². The Balaban J connectivity index is 1.63. The predicted molar refractivity (Wildman–Crippen MR) is 93.4 cm³/mol. The van der Waals surface area contributed by atoms with Crippen LogP contribution in [0.4, 0.5) is 23.7 Å². The van der Waals surface area contributed by atoms with Crippen LogP contribution in [0.25, 0.3) is 0 Å². The lowest BCUT2D eigenvalue weighted by Gasteiger charge is -2.17. The van der Waals surface area contributed by atoms with Crippen molar-refractivity contribution in [2.75, 3.05) is 18.5 Å². The van der Waals surface area contributed by atoms with Crippen molar-refractivity contribution in [1.29, 1.82) is 0 Å². The number of amides is 2. The van der Waals surface area contributed by atoms with Gasteiger partial charge in [0.2, 0.25) is 5.91 Å². The molecule has 0 spiro atoms.